The van der Waals surface area contributed by atoms with Crippen molar-refractivity contribution in [2.75, 3.05) is 7.05 Å². The minimum atomic E-state index is 0.446. The molecule has 0 spiro atoms. The van der Waals surface area contributed by atoms with Crippen molar-refractivity contribution < 1.29 is 0 Å². The second-order valence-corrected chi connectivity index (χ2v) is 6.43. The third-order valence-electron chi connectivity index (χ3n) is 3.98. The summed E-state index contributed by atoms with van der Waals surface area (Å²) < 4.78 is 1.13. The maximum Gasteiger partial charge on any atom is 0.0317 e. The van der Waals surface area contributed by atoms with Gasteiger partial charge in [-0.2, -0.15) is 0 Å². The van der Waals surface area contributed by atoms with Crippen molar-refractivity contribution in [3.8, 4) is 0 Å². The Balaban J connectivity index is 2.03. The van der Waals surface area contributed by atoms with Crippen molar-refractivity contribution in [1.82, 2.24) is 5.32 Å². The molecule has 1 unspecified atom stereocenters. The van der Waals surface area contributed by atoms with Crippen LogP contribution in [0.5, 0.6) is 0 Å². The molecule has 0 aliphatic heterocycles. The monoisotopic (exact) mass is 345 g/mol. The van der Waals surface area contributed by atoms with Gasteiger partial charge in [0.25, 0.3) is 0 Å². The first kappa shape index (κ1) is 16.3. The molecule has 0 aliphatic carbocycles. The molecule has 2 aromatic carbocycles. The van der Waals surface area contributed by atoms with Gasteiger partial charge in [0.1, 0.15) is 0 Å². The number of hydrogen-bond donors (Lipinski definition) is 1. The molecule has 21 heavy (non-hydrogen) atoms. The lowest BCUT2D eigenvalue weighted by Gasteiger charge is -2.17. The van der Waals surface area contributed by atoms with Gasteiger partial charge in [0.05, 0.1) is 0 Å². The Morgan fingerprint density at radius 2 is 1.86 bits per heavy atom. The summed E-state index contributed by atoms with van der Waals surface area (Å²) in [6, 6.07) is 13.7. The van der Waals surface area contributed by atoms with E-state index in [0.717, 1.165) is 10.9 Å². The summed E-state index contributed by atoms with van der Waals surface area (Å²) in [6.07, 6.45) is 8.13. The first-order chi connectivity index (χ1) is 10.2. The number of benzene rings is 2. The minimum Gasteiger partial charge on any atom is -0.313 e. The zero-order valence-electron chi connectivity index (χ0n) is 12.7. The first-order valence-electron chi connectivity index (χ1n) is 7.72. The molecule has 0 amide bonds. The highest BCUT2D eigenvalue weighted by Gasteiger charge is 2.09. The smallest absolute Gasteiger partial charge is 0.0317 e. The molecule has 0 fully saturated rings. The Bertz CT molecular complexity index is 591. The molecule has 2 rings (SSSR count). The van der Waals surface area contributed by atoms with Gasteiger partial charge < -0.3 is 5.32 Å². The van der Waals surface area contributed by atoms with E-state index in [1.54, 1.807) is 0 Å². The third-order valence-corrected chi connectivity index (χ3v) is 4.47. The summed E-state index contributed by atoms with van der Waals surface area (Å²) in [4.78, 5) is 0. The average Bonchev–Trinajstić information content (AvgIpc) is 2.50. The maximum atomic E-state index is 3.78. The summed E-state index contributed by atoms with van der Waals surface area (Å²) in [5.74, 6) is 0. The van der Waals surface area contributed by atoms with E-state index in [2.05, 4.69) is 71.3 Å². The Hall–Kier alpha value is -1.12. The van der Waals surface area contributed by atoms with Gasteiger partial charge in [0.15, 0.2) is 0 Å². The second kappa shape index (κ2) is 8.35. The summed E-state index contributed by atoms with van der Waals surface area (Å²) in [5.41, 5.74) is 1.39. The van der Waals surface area contributed by atoms with Gasteiger partial charge in [-0.05, 0) is 60.8 Å². The molecule has 0 bridgehead atoms. The summed E-state index contributed by atoms with van der Waals surface area (Å²) in [5, 5.41) is 6.05. The molecule has 0 radical (unpaired) electrons. The molecular weight excluding hydrogens is 322 g/mol. The Morgan fingerprint density at radius 3 is 2.62 bits per heavy atom. The molecule has 112 valence electrons. The molecule has 0 aliphatic rings. The van der Waals surface area contributed by atoms with Crippen LogP contribution in [0.1, 0.15) is 43.7 Å². The highest BCUT2D eigenvalue weighted by molar-refractivity contribution is 9.10. The van der Waals surface area contributed by atoms with Crippen molar-refractivity contribution in [2.24, 2.45) is 0 Å². The van der Waals surface area contributed by atoms with Crippen LogP contribution >= 0.6 is 15.9 Å². The van der Waals surface area contributed by atoms with E-state index in [1.165, 1.54) is 42.0 Å². The van der Waals surface area contributed by atoms with Crippen LogP contribution in [0.2, 0.25) is 0 Å². The minimum absolute atomic E-state index is 0.446. The van der Waals surface area contributed by atoms with Gasteiger partial charge in [0, 0.05) is 10.5 Å². The largest absolute Gasteiger partial charge is 0.313 e. The molecule has 0 saturated heterocycles. The molecule has 2 heteroatoms. The van der Waals surface area contributed by atoms with Crippen molar-refractivity contribution >= 4 is 26.7 Å². The molecule has 1 atom stereocenters. The number of allylic oxidation sites excluding steroid dienone is 1. The lowest BCUT2D eigenvalue weighted by Crippen LogP contribution is -2.16. The van der Waals surface area contributed by atoms with Gasteiger partial charge in [0.2, 0.25) is 0 Å². The highest BCUT2D eigenvalue weighted by atomic mass is 79.9. The zero-order valence-corrected chi connectivity index (χ0v) is 14.3. The number of halogens is 1. The van der Waals surface area contributed by atoms with Gasteiger partial charge >= 0.3 is 0 Å². The molecular formula is C19H24BrN. The van der Waals surface area contributed by atoms with Crippen LogP contribution < -0.4 is 5.32 Å². The lowest BCUT2D eigenvalue weighted by molar-refractivity contribution is 0.508. The van der Waals surface area contributed by atoms with Crippen molar-refractivity contribution in [1.29, 1.82) is 0 Å². The Kier molecular flexibility index (Phi) is 6.47. The molecule has 0 aromatic heterocycles. The van der Waals surface area contributed by atoms with Crippen molar-refractivity contribution in [3.05, 3.63) is 59.1 Å². The Labute approximate surface area is 136 Å². The van der Waals surface area contributed by atoms with Gasteiger partial charge in [-0.1, -0.05) is 53.0 Å². The predicted molar refractivity (Wildman–Crippen MR) is 96.7 cm³/mol. The molecule has 1 N–H and O–H groups in total. The van der Waals surface area contributed by atoms with Crippen molar-refractivity contribution in [2.45, 2.75) is 38.1 Å². The number of unbranched alkanes of at least 4 members (excludes halogenated alkanes) is 3. The molecule has 1 nitrogen and oxygen atoms in total. The van der Waals surface area contributed by atoms with E-state index in [0.29, 0.717) is 6.04 Å². The van der Waals surface area contributed by atoms with Crippen molar-refractivity contribution in [3.63, 3.8) is 0 Å². The first-order valence-corrected chi connectivity index (χ1v) is 8.51. The normalized spacial score (nSPS) is 12.5. The third kappa shape index (κ3) is 4.69. The number of hydrogen-bond acceptors (Lipinski definition) is 1. The van der Waals surface area contributed by atoms with Crippen LogP contribution in [0.3, 0.4) is 0 Å². The van der Waals surface area contributed by atoms with Crippen LogP contribution in [0.4, 0.5) is 0 Å². The highest BCUT2D eigenvalue weighted by Crippen LogP contribution is 2.26. The van der Waals surface area contributed by atoms with Crippen LogP contribution in [-0.2, 0) is 0 Å². The number of nitrogens with one attached hydrogen (secondary N) is 1. The zero-order chi connectivity index (χ0) is 15.1. The van der Waals surface area contributed by atoms with E-state index < -0.39 is 0 Å². The molecule has 0 saturated carbocycles. The fraction of sp³-hybridized carbons (Fsp3) is 0.368. The molecule has 0 heterocycles. The average molecular weight is 346 g/mol. The summed E-state index contributed by atoms with van der Waals surface area (Å²) >= 11 is 3.53. The topological polar surface area (TPSA) is 12.0 Å². The Morgan fingerprint density at radius 1 is 1.10 bits per heavy atom. The van der Waals surface area contributed by atoms with Crippen LogP contribution in [0.25, 0.3) is 10.8 Å². The van der Waals surface area contributed by atoms with E-state index in [9.17, 15) is 0 Å². The quantitative estimate of drug-likeness (QED) is 0.457. The fourth-order valence-corrected chi connectivity index (χ4v) is 3.12. The van der Waals surface area contributed by atoms with E-state index >= 15 is 0 Å². The summed E-state index contributed by atoms with van der Waals surface area (Å²) in [7, 11) is 2.06. The lowest BCUT2D eigenvalue weighted by atomic mass is 9.97. The van der Waals surface area contributed by atoms with Crippen LogP contribution in [0.15, 0.2) is 53.5 Å². The fourth-order valence-electron chi connectivity index (χ4n) is 2.74. The standard InChI is InChI=1S/C19H24BrN/c1-3-4-5-6-7-8-19(21-2)17-10-9-16-14-18(20)12-11-15(16)13-17/h3,9-14,19,21H,1,4-8H2,2H3. The summed E-state index contributed by atoms with van der Waals surface area (Å²) in [6.45, 7) is 3.78. The predicted octanol–water partition coefficient (Wildman–Crippen LogP) is 6.00. The van der Waals surface area contributed by atoms with Gasteiger partial charge in [-0.3, -0.25) is 0 Å². The maximum absolute atomic E-state index is 3.78. The van der Waals surface area contributed by atoms with E-state index in [4.69, 9.17) is 0 Å². The number of rotatable bonds is 8. The van der Waals surface area contributed by atoms with E-state index in [-0.39, 0.29) is 0 Å². The molecule has 2 aromatic rings. The van der Waals surface area contributed by atoms with Gasteiger partial charge in [-0.15, -0.1) is 6.58 Å². The van der Waals surface area contributed by atoms with Gasteiger partial charge in [-0.25, -0.2) is 0 Å². The second-order valence-electron chi connectivity index (χ2n) is 5.52. The van der Waals surface area contributed by atoms with Crippen LogP contribution in [0, 0.1) is 0 Å². The van der Waals surface area contributed by atoms with E-state index in [1.807, 2.05) is 6.08 Å². The number of fused-ring (bicyclic) bond motifs is 1. The SMILES string of the molecule is C=CCCCCCC(NC)c1ccc2cc(Br)ccc2c1. The van der Waals surface area contributed by atoms with Crippen LogP contribution in [-0.4, -0.2) is 7.05 Å².